The van der Waals surface area contributed by atoms with Gasteiger partial charge in [-0.05, 0) is 56.2 Å². The number of hydrogen-bond acceptors (Lipinski definition) is 5. The summed E-state index contributed by atoms with van der Waals surface area (Å²) in [5, 5.41) is 8.74. The van der Waals surface area contributed by atoms with E-state index >= 15 is 0 Å². The predicted octanol–water partition coefficient (Wildman–Crippen LogP) is 3.58. The SMILES string of the molecule is Cc1ccc(-c2ccc(N3CCN(S(=O)(=O)c4cc(C)cc(C)c4)CC3)nn2)cc1. The van der Waals surface area contributed by atoms with E-state index in [-0.39, 0.29) is 0 Å². The maximum absolute atomic E-state index is 13.0. The Balaban J connectivity index is 1.44. The summed E-state index contributed by atoms with van der Waals surface area (Å²) in [7, 11) is -3.49. The molecule has 0 amide bonds. The first-order valence-electron chi connectivity index (χ1n) is 10.1. The van der Waals surface area contributed by atoms with E-state index in [9.17, 15) is 8.42 Å². The second kappa shape index (κ2) is 8.16. The lowest BCUT2D eigenvalue weighted by molar-refractivity contribution is 0.383. The summed E-state index contributed by atoms with van der Waals surface area (Å²) in [6.45, 7) is 7.92. The Morgan fingerprint density at radius 2 is 1.37 bits per heavy atom. The summed E-state index contributed by atoms with van der Waals surface area (Å²) >= 11 is 0. The number of benzene rings is 2. The molecule has 0 spiro atoms. The molecule has 2 heterocycles. The predicted molar refractivity (Wildman–Crippen MR) is 119 cm³/mol. The Bertz CT molecular complexity index is 1110. The average Bonchev–Trinajstić information content (AvgIpc) is 2.74. The molecule has 0 unspecified atom stereocenters. The van der Waals surface area contributed by atoms with Crippen LogP contribution in [-0.4, -0.2) is 49.1 Å². The van der Waals surface area contributed by atoms with Crippen LogP contribution in [0, 0.1) is 20.8 Å². The lowest BCUT2D eigenvalue weighted by Crippen LogP contribution is -2.49. The number of anilines is 1. The van der Waals surface area contributed by atoms with Crippen LogP contribution < -0.4 is 4.90 Å². The van der Waals surface area contributed by atoms with Gasteiger partial charge in [0.2, 0.25) is 10.0 Å². The zero-order valence-corrected chi connectivity index (χ0v) is 18.4. The largest absolute Gasteiger partial charge is 0.352 e. The molecule has 0 N–H and O–H groups in total. The number of piperazine rings is 1. The molecular weight excluding hydrogens is 396 g/mol. The van der Waals surface area contributed by atoms with Gasteiger partial charge in [-0.1, -0.05) is 35.9 Å². The van der Waals surface area contributed by atoms with Gasteiger partial charge < -0.3 is 4.90 Å². The highest BCUT2D eigenvalue weighted by Crippen LogP contribution is 2.23. The Morgan fingerprint density at radius 1 is 0.733 bits per heavy atom. The van der Waals surface area contributed by atoms with Crippen LogP contribution in [0.2, 0.25) is 0 Å². The van der Waals surface area contributed by atoms with Crippen molar-refractivity contribution in [3.05, 3.63) is 71.3 Å². The molecule has 1 saturated heterocycles. The van der Waals surface area contributed by atoms with E-state index in [1.165, 1.54) is 5.56 Å². The fraction of sp³-hybridized carbons (Fsp3) is 0.304. The zero-order chi connectivity index (χ0) is 21.3. The van der Waals surface area contributed by atoms with E-state index < -0.39 is 10.0 Å². The number of aromatic nitrogens is 2. The molecule has 156 valence electrons. The number of nitrogens with zero attached hydrogens (tertiary/aromatic N) is 4. The summed E-state index contributed by atoms with van der Waals surface area (Å²) in [4.78, 5) is 2.45. The standard InChI is InChI=1S/C23H26N4O2S/c1-17-4-6-20(7-5-17)22-8-9-23(25-24-22)26-10-12-27(13-11-26)30(28,29)21-15-18(2)14-19(3)16-21/h4-9,14-16H,10-13H2,1-3H3. The summed E-state index contributed by atoms with van der Waals surface area (Å²) in [5.41, 5.74) is 4.98. The number of hydrogen-bond donors (Lipinski definition) is 0. The Morgan fingerprint density at radius 3 is 1.93 bits per heavy atom. The third kappa shape index (κ3) is 4.22. The third-order valence-electron chi connectivity index (χ3n) is 5.39. The maximum atomic E-state index is 13.0. The van der Waals surface area contributed by atoms with Gasteiger partial charge in [-0.3, -0.25) is 0 Å². The van der Waals surface area contributed by atoms with Crippen molar-refractivity contribution in [1.82, 2.24) is 14.5 Å². The lowest BCUT2D eigenvalue weighted by atomic mass is 10.1. The first kappa shape index (κ1) is 20.5. The highest BCUT2D eigenvalue weighted by molar-refractivity contribution is 7.89. The van der Waals surface area contributed by atoms with E-state index in [1.54, 1.807) is 16.4 Å². The van der Waals surface area contributed by atoms with E-state index in [2.05, 4.69) is 34.2 Å². The molecule has 7 heteroatoms. The van der Waals surface area contributed by atoms with Crippen molar-refractivity contribution < 1.29 is 8.42 Å². The highest BCUT2D eigenvalue weighted by Gasteiger charge is 2.29. The Kier molecular flexibility index (Phi) is 5.58. The Hall–Kier alpha value is -2.77. The first-order chi connectivity index (χ1) is 14.3. The van der Waals surface area contributed by atoms with Crippen molar-refractivity contribution in [2.45, 2.75) is 25.7 Å². The molecule has 0 saturated carbocycles. The van der Waals surface area contributed by atoms with E-state index in [0.717, 1.165) is 28.2 Å². The molecule has 30 heavy (non-hydrogen) atoms. The molecule has 0 aliphatic carbocycles. The molecule has 4 rings (SSSR count). The fourth-order valence-electron chi connectivity index (χ4n) is 3.76. The van der Waals surface area contributed by atoms with Gasteiger partial charge in [-0.25, -0.2) is 8.42 Å². The van der Waals surface area contributed by atoms with Crippen LogP contribution in [0.4, 0.5) is 5.82 Å². The first-order valence-corrected chi connectivity index (χ1v) is 11.5. The zero-order valence-electron chi connectivity index (χ0n) is 17.5. The highest BCUT2D eigenvalue weighted by atomic mass is 32.2. The van der Waals surface area contributed by atoms with Crippen LogP contribution in [0.15, 0.2) is 59.5 Å². The summed E-state index contributed by atoms with van der Waals surface area (Å²) in [6.07, 6.45) is 0. The molecule has 2 aromatic carbocycles. The molecule has 3 aromatic rings. The molecule has 0 bridgehead atoms. The Labute approximate surface area is 178 Å². The van der Waals surface area contributed by atoms with Gasteiger partial charge >= 0.3 is 0 Å². The van der Waals surface area contributed by atoms with Gasteiger partial charge in [0.1, 0.15) is 0 Å². The second-order valence-electron chi connectivity index (χ2n) is 7.86. The molecule has 1 aliphatic heterocycles. The molecule has 1 fully saturated rings. The van der Waals surface area contributed by atoms with Crippen molar-refractivity contribution >= 4 is 15.8 Å². The number of sulfonamides is 1. The average molecular weight is 423 g/mol. The molecule has 1 aromatic heterocycles. The van der Waals surface area contributed by atoms with Gasteiger partial charge in [-0.15, -0.1) is 10.2 Å². The van der Waals surface area contributed by atoms with Gasteiger partial charge in [0.15, 0.2) is 5.82 Å². The number of aryl methyl sites for hydroxylation is 3. The molecule has 1 aliphatic rings. The van der Waals surface area contributed by atoms with Crippen LogP contribution in [0.1, 0.15) is 16.7 Å². The normalized spacial score (nSPS) is 15.4. The summed E-state index contributed by atoms with van der Waals surface area (Å²) in [6, 6.07) is 17.6. The monoisotopic (exact) mass is 422 g/mol. The van der Waals surface area contributed by atoms with Crippen molar-refractivity contribution in [1.29, 1.82) is 0 Å². The van der Waals surface area contributed by atoms with Gasteiger partial charge in [0.25, 0.3) is 0 Å². The lowest BCUT2D eigenvalue weighted by Gasteiger charge is -2.34. The second-order valence-corrected chi connectivity index (χ2v) is 9.80. The number of rotatable bonds is 4. The third-order valence-corrected chi connectivity index (χ3v) is 7.27. The summed E-state index contributed by atoms with van der Waals surface area (Å²) in [5.74, 6) is 0.773. The minimum atomic E-state index is -3.49. The van der Waals surface area contributed by atoms with E-state index in [4.69, 9.17) is 0 Å². The molecular formula is C23H26N4O2S. The minimum absolute atomic E-state index is 0.371. The van der Waals surface area contributed by atoms with E-state index in [0.29, 0.717) is 31.1 Å². The fourth-order valence-corrected chi connectivity index (χ4v) is 5.37. The maximum Gasteiger partial charge on any atom is 0.243 e. The molecule has 0 atom stereocenters. The smallest absolute Gasteiger partial charge is 0.243 e. The molecule has 6 nitrogen and oxygen atoms in total. The van der Waals surface area contributed by atoms with Crippen LogP contribution in [0.5, 0.6) is 0 Å². The summed E-state index contributed by atoms with van der Waals surface area (Å²) < 4.78 is 27.6. The van der Waals surface area contributed by atoms with Gasteiger partial charge in [-0.2, -0.15) is 4.31 Å². The van der Waals surface area contributed by atoms with Crippen LogP contribution in [-0.2, 0) is 10.0 Å². The van der Waals surface area contributed by atoms with Gasteiger partial charge in [0, 0.05) is 31.7 Å². The van der Waals surface area contributed by atoms with E-state index in [1.807, 2.05) is 44.2 Å². The van der Waals surface area contributed by atoms with Gasteiger partial charge in [0.05, 0.1) is 10.6 Å². The van der Waals surface area contributed by atoms with Crippen molar-refractivity contribution in [2.75, 3.05) is 31.1 Å². The quantitative estimate of drug-likeness (QED) is 0.643. The van der Waals surface area contributed by atoms with Crippen LogP contribution >= 0.6 is 0 Å². The van der Waals surface area contributed by atoms with Crippen molar-refractivity contribution in [2.24, 2.45) is 0 Å². The van der Waals surface area contributed by atoms with Crippen LogP contribution in [0.25, 0.3) is 11.3 Å². The van der Waals surface area contributed by atoms with Crippen LogP contribution in [0.3, 0.4) is 0 Å². The van der Waals surface area contributed by atoms with Crippen molar-refractivity contribution in [3.63, 3.8) is 0 Å². The van der Waals surface area contributed by atoms with Crippen molar-refractivity contribution in [3.8, 4) is 11.3 Å². The molecule has 0 radical (unpaired) electrons. The minimum Gasteiger partial charge on any atom is -0.352 e. The topological polar surface area (TPSA) is 66.4 Å².